The summed E-state index contributed by atoms with van der Waals surface area (Å²) in [6.45, 7) is 3.70. The summed E-state index contributed by atoms with van der Waals surface area (Å²) in [4.78, 5) is 12.9. The number of carbonyl (C=O) groups excluding carboxylic acids is 1. The molecule has 0 spiro atoms. The van der Waals surface area contributed by atoms with Gasteiger partial charge in [0.15, 0.2) is 0 Å². The summed E-state index contributed by atoms with van der Waals surface area (Å²) in [5.41, 5.74) is 0. The molecule has 1 amide bonds. The van der Waals surface area contributed by atoms with Crippen LogP contribution in [0.25, 0.3) is 0 Å². The second-order valence-corrected chi connectivity index (χ2v) is 6.49. The average Bonchev–Trinajstić information content (AvgIpc) is 2.89. The van der Waals surface area contributed by atoms with E-state index in [1.54, 1.807) is 12.1 Å². The summed E-state index contributed by atoms with van der Waals surface area (Å²) in [7, 11) is 0. The molecule has 116 valence electrons. The average molecular weight is 312 g/mol. The van der Waals surface area contributed by atoms with E-state index in [1.165, 1.54) is 23.9 Å². The number of amides is 1. The molecule has 1 saturated heterocycles. The highest BCUT2D eigenvalue weighted by Crippen LogP contribution is 2.21. The van der Waals surface area contributed by atoms with Gasteiger partial charge in [-0.15, -0.1) is 11.8 Å². The van der Waals surface area contributed by atoms with Crippen molar-refractivity contribution in [2.24, 2.45) is 11.8 Å². The number of aliphatic hydroxyl groups excluding tert-OH is 1. The minimum Gasteiger partial charge on any atom is -0.391 e. The van der Waals surface area contributed by atoms with E-state index in [2.05, 4.69) is 10.6 Å². The number of halogens is 1. The van der Waals surface area contributed by atoms with Gasteiger partial charge in [0.1, 0.15) is 5.82 Å². The molecule has 6 heteroatoms. The zero-order valence-electron chi connectivity index (χ0n) is 12.0. The van der Waals surface area contributed by atoms with Crippen molar-refractivity contribution in [3.05, 3.63) is 30.1 Å². The summed E-state index contributed by atoms with van der Waals surface area (Å²) in [5, 5.41) is 15.6. The molecule has 21 heavy (non-hydrogen) atoms. The topological polar surface area (TPSA) is 61.4 Å². The van der Waals surface area contributed by atoms with Crippen molar-refractivity contribution in [3.8, 4) is 0 Å². The zero-order chi connectivity index (χ0) is 15.2. The van der Waals surface area contributed by atoms with Crippen molar-refractivity contribution < 1.29 is 14.3 Å². The maximum atomic E-state index is 12.8. The van der Waals surface area contributed by atoms with Crippen molar-refractivity contribution in [3.63, 3.8) is 0 Å². The lowest BCUT2D eigenvalue weighted by Gasteiger charge is -2.16. The van der Waals surface area contributed by atoms with E-state index in [9.17, 15) is 14.3 Å². The van der Waals surface area contributed by atoms with Crippen LogP contribution in [-0.4, -0.2) is 42.5 Å². The molecule has 1 aromatic carbocycles. The van der Waals surface area contributed by atoms with Crippen LogP contribution in [0, 0.1) is 17.7 Å². The molecular weight excluding hydrogens is 291 g/mol. The minimum atomic E-state index is -0.380. The lowest BCUT2D eigenvalue weighted by Crippen LogP contribution is -2.37. The molecule has 1 aromatic rings. The maximum Gasteiger partial charge on any atom is 0.223 e. The Bertz CT molecular complexity index is 469. The first-order chi connectivity index (χ1) is 10.1. The Morgan fingerprint density at radius 1 is 1.48 bits per heavy atom. The van der Waals surface area contributed by atoms with Crippen molar-refractivity contribution in [1.82, 2.24) is 10.6 Å². The Labute approximate surface area is 128 Å². The van der Waals surface area contributed by atoms with Gasteiger partial charge in [-0.2, -0.15) is 0 Å². The quantitative estimate of drug-likeness (QED) is 0.692. The predicted octanol–water partition coefficient (Wildman–Crippen LogP) is 1.25. The zero-order valence-corrected chi connectivity index (χ0v) is 12.8. The molecule has 1 aliphatic heterocycles. The van der Waals surface area contributed by atoms with E-state index in [0.29, 0.717) is 18.8 Å². The van der Waals surface area contributed by atoms with Crippen LogP contribution in [-0.2, 0) is 4.79 Å². The summed E-state index contributed by atoms with van der Waals surface area (Å²) < 4.78 is 12.8. The van der Waals surface area contributed by atoms with E-state index in [1.807, 2.05) is 6.92 Å². The summed E-state index contributed by atoms with van der Waals surface area (Å²) >= 11 is 1.53. The molecule has 0 saturated carbocycles. The lowest BCUT2D eigenvalue weighted by atomic mass is 10.1. The second-order valence-electron chi connectivity index (χ2n) is 5.40. The van der Waals surface area contributed by atoms with Gasteiger partial charge in [0.05, 0.1) is 6.10 Å². The van der Waals surface area contributed by atoms with Crippen molar-refractivity contribution in [2.75, 3.05) is 25.4 Å². The van der Waals surface area contributed by atoms with Gasteiger partial charge in [-0.05, 0) is 24.3 Å². The largest absolute Gasteiger partial charge is 0.391 e. The third kappa shape index (κ3) is 4.98. The molecule has 3 atom stereocenters. The third-order valence-corrected chi connectivity index (χ3v) is 4.88. The molecule has 0 radical (unpaired) electrons. The van der Waals surface area contributed by atoms with Gasteiger partial charge >= 0.3 is 0 Å². The molecule has 4 nitrogen and oxygen atoms in total. The van der Waals surface area contributed by atoms with Crippen LogP contribution in [0.4, 0.5) is 4.39 Å². The number of hydrogen-bond acceptors (Lipinski definition) is 4. The van der Waals surface area contributed by atoms with Crippen LogP contribution in [0.2, 0.25) is 0 Å². The Morgan fingerprint density at radius 3 is 2.81 bits per heavy atom. The monoisotopic (exact) mass is 312 g/mol. The summed E-state index contributed by atoms with van der Waals surface area (Å²) in [6, 6.07) is 6.26. The van der Waals surface area contributed by atoms with E-state index in [4.69, 9.17) is 0 Å². The van der Waals surface area contributed by atoms with E-state index in [-0.39, 0.29) is 29.7 Å². The molecule has 1 aliphatic rings. The fraction of sp³-hybridized carbons (Fsp3) is 0.533. The molecule has 0 aromatic heterocycles. The third-order valence-electron chi connectivity index (χ3n) is 3.60. The summed E-state index contributed by atoms with van der Waals surface area (Å²) in [5.74, 6) is 0.332. The number of benzene rings is 1. The molecule has 0 aliphatic carbocycles. The van der Waals surface area contributed by atoms with Crippen LogP contribution < -0.4 is 10.6 Å². The van der Waals surface area contributed by atoms with Gasteiger partial charge in [-0.25, -0.2) is 4.39 Å². The van der Waals surface area contributed by atoms with Gasteiger partial charge in [-0.1, -0.05) is 6.92 Å². The van der Waals surface area contributed by atoms with Gasteiger partial charge in [-0.3, -0.25) is 4.79 Å². The molecule has 0 bridgehead atoms. The van der Waals surface area contributed by atoms with Crippen LogP contribution >= 0.6 is 11.8 Å². The number of hydrogen-bond donors (Lipinski definition) is 3. The predicted molar refractivity (Wildman–Crippen MR) is 81.7 cm³/mol. The fourth-order valence-electron chi connectivity index (χ4n) is 2.16. The highest BCUT2D eigenvalue weighted by Gasteiger charge is 2.25. The second kappa shape index (κ2) is 7.77. The van der Waals surface area contributed by atoms with Gasteiger partial charge in [0, 0.05) is 42.1 Å². The molecule has 3 N–H and O–H groups in total. The highest BCUT2D eigenvalue weighted by molar-refractivity contribution is 7.99. The number of carbonyl (C=O) groups is 1. The number of rotatable bonds is 6. The van der Waals surface area contributed by atoms with Crippen LogP contribution in [0.5, 0.6) is 0 Å². The standard InChI is InChI=1S/C15H21FN2O2S/c1-10(9-21-13-4-2-12(16)3-5-13)15(20)18-7-11-6-17-8-14(11)19/h2-5,10-11,14,17,19H,6-9H2,1H3,(H,18,20). The van der Waals surface area contributed by atoms with Gasteiger partial charge < -0.3 is 15.7 Å². The van der Waals surface area contributed by atoms with Crippen LogP contribution in [0.1, 0.15) is 6.92 Å². The Balaban J connectivity index is 1.70. The van der Waals surface area contributed by atoms with Gasteiger partial charge in [0.2, 0.25) is 5.91 Å². The SMILES string of the molecule is CC(CSc1ccc(F)cc1)C(=O)NCC1CNCC1O. The van der Waals surface area contributed by atoms with E-state index < -0.39 is 0 Å². The van der Waals surface area contributed by atoms with E-state index in [0.717, 1.165) is 11.4 Å². The van der Waals surface area contributed by atoms with Crippen molar-refractivity contribution in [1.29, 1.82) is 0 Å². The first kappa shape index (κ1) is 16.3. The Hall–Kier alpha value is -1.11. The maximum absolute atomic E-state index is 12.8. The fourth-order valence-corrected chi connectivity index (χ4v) is 3.08. The Kier molecular flexibility index (Phi) is 6.02. The number of β-amino-alcohol motifs (C(OH)–C–C–N with tert-alkyl or cyclic N) is 1. The summed E-state index contributed by atoms with van der Waals surface area (Å²) in [6.07, 6.45) is -0.380. The van der Waals surface area contributed by atoms with Gasteiger partial charge in [0.25, 0.3) is 0 Å². The molecule has 3 unspecified atom stereocenters. The van der Waals surface area contributed by atoms with Crippen molar-refractivity contribution in [2.45, 2.75) is 17.9 Å². The molecule has 1 heterocycles. The normalized spacial score (nSPS) is 23.0. The number of aliphatic hydroxyl groups is 1. The lowest BCUT2D eigenvalue weighted by molar-refractivity contribution is -0.124. The minimum absolute atomic E-state index is 0.0105. The highest BCUT2D eigenvalue weighted by atomic mass is 32.2. The van der Waals surface area contributed by atoms with Crippen LogP contribution in [0.3, 0.4) is 0 Å². The molecule has 2 rings (SSSR count). The molecular formula is C15H21FN2O2S. The van der Waals surface area contributed by atoms with Crippen molar-refractivity contribution >= 4 is 17.7 Å². The van der Waals surface area contributed by atoms with Crippen LogP contribution in [0.15, 0.2) is 29.2 Å². The smallest absolute Gasteiger partial charge is 0.223 e. The van der Waals surface area contributed by atoms with E-state index >= 15 is 0 Å². The Morgan fingerprint density at radius 2 is 2.19 bits per heavy atom. The molecule has 1 fully saturated rings. The number of thioether (sulfide) groups is 1. The number of nitrogens with one attached hydrogen (secondary N) is 2. The first-order valence-electron chi connectivity index (χ1n) is 7.11. The first-order valence-corrected chi connectivity index (χ1v) is 8.09.